The summed E-state index contributed by atoms with van der Waals surface area (Å²) >= 11 is 0. The van der Waals surface area contributed by atoms with Crippen molar-refractivity contribution in [3.05, 3.63) is 95.6 Å². The van der Waals surface area contributed by atoms with Crippen molar-refractivity contribution in [3.63, 3.8) is 0 Å². The number of carbonyl (C=O) groups excluding carboxylic acids is 1. The van der Waals surface area contributed by atoms with Crippen LogP contribution in [0.1, 0.15) is 51.3 Å². The Morgan fingerprint density at radius 3 is 2.03 bits per heavy atom. The number of phenols is 1. The second-order valence-electron chi connectivity index (χ2n) is 9.85. The number of hydrazine groups is 1. The topological polar surface area (TPSA) is 53.0 Å². The number of anilines is 1. The lowest BCUT2D eigenvalue weighted by Crippen LogP contribution is -2.47. The summed E-state index contributed by atoms with van der Waals surface area (Å²) in [5.41, 5.74) is 1.18. The molecule has 0 fully saturated rings. The molecule has 0 bridgehead atoms. The van der Waals surface area contributed by atoms with E-state index in [4.69, 9.17) is 4.74 Å². The van der Waals surface area contributed by atoms with Gasteiger partial charge in [0.1, 0.15) is 11.5 Å². The van der Waals surface area contributed by atoms with E-state index in [0.29, 0.717) is 33.8 Å². The van der Waals surface area contributed by atoms with Crippen molar-refractivity contribution in [1.29, 1.82) is 0 Å². The number of para-hydroxylation sites is 1. The molecule has 0 spiro atoms. The molecule has 0 radical (unpaired) electrons. The number of phenolic OH excluding ortho intramolecular Hbond substituents is 1. The first-order valence-corrected chi connectivity index (χ1v) is 12.0. The summed E-state index contributed by atoms with van der Waals surface area (Å²) in [6.07, 6.45) is -4.40. The summed E-state index contributed by atoms with van der Waals surface area (Å²) in [6.45, 7) is 7.00. The number of carbonyl (C=O) groups is 1. The number of benzene rings is 3. The molecule has 5 nitrogen and oxygen atoms in total. The average Bonchev–Trinajstić information content (AvgIpc) is 3.21. The molecule has 1 atom stereocenters. The van der Waals surface area contributed by atoms with Gasteiger partial charge < -0.3 is 9.84 Å². The zero-order valence-electron chi connectivity index (χ0n) is 21.1. The third-order valence-electron chi connectivity index (χ3n) is 6.11. The fourth-order valence-electron chi connectivity index (χ4n) is 4.34. The first-order valence-electron chi connectivity index (χ1n) is 12.0. The molecule has 37 heavy (non-hydrogen) atoms. The molecule has 3 aromatic carbocycles. The molecule has 0 amide bonds. The predicted octanol–water partition coefficient (Wildman–Crippen LogP) is 7.46. The number of ether oxygens (including phenoxy) is 1. The van der Waals surface area contributed by atoms with E-state index in [1.807, 2.05) is 6.92 Å². The van der Waals surface area contributed by atoms with Crippen molar-refractivity contribution in [2.45, 2.75) is 46.5 Å². The van der Waals surface area contributed by atoms with Gasteiger partial charge in [0, 0.05) is 5.56 Å². The summed E-state index contributed by atoms with van der Waals surface area (Å²) in [7, 11) is 0. The quantitative estimate of drug-likeness (QED) is 0.219. The lowest BCUT2D eigenvalue weighted by Gasteiger charge is -2.38. The minimum absolute atomic E-state index is 0.0191. The normalized spacial score (nSPS) is 16.4. The van der Waals surface area contributed by atoms with Crippen molar-refractivity contribution in [2.75, 3.05) is 5.01 Å². The summed E-state index contributed by atoms with van der Waals surface area (Å²) in [5.74, 6) is -0.147. The van der Waals surface area contributed by atoms with Crippen LogP contribution in [0.3, 0.4) is 0 Å². The van der Waals surface area contributed by atoms with Crippen LogP contribution in [-0.2, 0) is 4.79 Å². The average molecular weight is 511 g/mol. The van der Waals surface area contributed by atoms with Crippen LogP contribution in [0.4, 0.5) is 18.9 Å². The molecule has 8 heteroatoms. The van der Waals surface area contributed by atoms with Gasteiger partial charge in [0.15, 0.2) is 0 Å². The van der Waals surface area contributed by atoms with Gasteiger partial charge in [-0.1, -0.05) is 37.3 Å². The molecule has 1 heterocycles. The standard InChI is InChI=1S/C29H29F3N2O3/c1-5-24-25(19-11-15-22(35)16-12-19)33(21-9-7-6-8-10-21)34(29(30,31)32)26(24)20-13-17-23(18-14-20)37-27(36)28(2,3)4/h6-18,25,35H,5H2,1-4H3. The minimum Gasteiger partial charge on any atom is -0.508 e. The molecule has 1 aliphatic heterocycles. The van der Waals surface area contributed by atoms with Crippen molar-refractivity contribution >= 4 is 17.4 Å². The van der Waals surface area contributed by atoms with Crippen LogP contribution in [0.2, 0.25) is 0 Å². The third-order valence-corrected chi connectivity index (χ3v) is 6.11. The second kappa shape index (κ2) is 9.84. The highest BCUT2D eigenvalue weighted by molar-refractivity contribution is 5.79. The van der Waals surface area contributed by atoms with Gasteiger partial charge >= 0.3 is 12.3 Å². The first kappa shape index (κ1) is 26.1. The van der Waals surface area contributed by atoms with Gasteiger partial charge in [-0.2, -0.15) is 5.01 Å². The Labute approximate surface area is 214 Å². The summed E-state index contributed by atoms with van der Waals surface area (Å²) in [5, 5.41) is 11.4. The Bertz CT molecular complexity index is 1280. The van der Waals surface area contributed by atoms with E-state index in [0.717, 1.165) is 0 Å². The molecule has 194 valence electrons. The van der Waals surface area contributed by atoms with Gasteiger partial charge in [0.25, 0.3) is 0 Å². The fraction of sp³-hybridized carbons (Fsp3) is 0.276. The van der Waals surface area contributed by atoms with Crippen molar-refractivity contribution in [3.8, 4) is 11.5 Å². The number of halogens is 3. The number of rotatable bonds is 5. The van der Waals surface area contributed by atoms with Crippen LogP contribution in [0.25, 0.3) is 5.70 Å². The molecule has 0 saturated carbocycles. The lowest BCUT2D eigenvalue weighted by atomic mass is 9.93. The molecule has 0 aromatic heterocycles. The van der Waals surface area contributed by atoms with Gasteiger partial charge in [-0.3, -0.25) is 9.80 Å². The monoisotopic (exact) mass is 510 g/mol. The van der Waals surface area contributed by atoms with Crippen LogP contribution < -0.4 is 9.75 Å². The largest absolute Gasteiger partial charge is 0.508 e. The molecule has 4 rings (SSSR count). The minimum atomic E-state index is -4.74. The Hall–Kier alpha value is -3.94. The van der Waals surface area contributed by atoms with E-state index < -0.39 is 23.7 Å². The van der Waals surface area contributed by atoms with Crippen LogP contribution in [-0.4, -0.2) is 22.4 Å². The van der Waals surface area contributed by atoms with E-state index in [2.05, 4.69) is 0 Å². The van der Waals surface area contributed by atoms with E-state index in [9.17, 15) is 23.1 Å². The maximum atomic E-state index is 14.8. The molecule has 0 saturated heterocycles. The fourth-order valence-corrected chi connectivity index (χ4v) is 4.34. The Kier molecular flexibility index (Phi) is 6.95. The second-order valence-corrected chi connectivity index (χ2v) is 9.85. The molecular weight excluding hydrogens is 481 g/mol. The van der Waals surface area contributed by atoms with Crippen molar-refractivity contribution in [2.24, 2.45) is 5.41 Å². The number of esters is 1. The molecule has 1 unspecified atom stereocenters. The lowest BCUT2D eigenvalue weighted by molar-refractivity contribution is -0.224. The maximum absolute atomic E-state index is 14.8. The van der Waals surface area contributed by atoms with E-state index in [-0.39, 0.29) is 17.2 Å². The maximum Gasteiger partial charge on any atom is 0.503 e. The zero-order chi connectivity index (χ0) is 27.0. The Morgan fingerprint density at radius 1 is 0.919 bits per heavy atom. The molecule has 0 aliphatic carbocycles. The van der Waals surface area contributed by atoms with Gasteiger partial charge in [-0.05, 0) is 86.9 Å². The van der Waals surface area contributed by atoms with Crippen molar-refractivity contribution < 1.29 is 27.8 Å². The number of alkyl halides is 3. The van der Waals surface area contributed by atoms with E-state index in [1.54, 1.807) is 63.2 Å². The first-order chi connectivity index (χ1) is 17.4. The van der Waals surface area contributed by atoms with E-state index in [1.165, 1.54) is 41.4 Å². The van der Waals surface area contributed by atoms with Gasteiger partial charge in [0.05, 0.1) is 22.8 Å². The number of hydrogen-bond acceptors (Lipinski definition) is 5. The Balaban J connectivity index is 1.87. The van der Waals surface area contributed by atoms with Crippen LogP contribution >= 0.6 is 0 Å². The molecule has 3 aromatic rings. The van der Waals surface area contributed by atoms with Gasteiger partial charge in [0.2, 0.25) is 0 Å². The highest BCUT2D eigenvalue weighted by Gasteiger charge is 2.52. The van der Waals surface area contributed by atoms with Crippen molar-refractivity contribution in [1.82, 2.24) is 5.01 Å². The molecular formula is C29H29F3N2O3. The zero-order valence-corrected chi connectivity index (χ0v) is 21.1. The number of aromatic hydroxyl groups is 1. The summed E-state index contributed by atoms with van der Waals surface area (Å²) < 4.78 is 49.9. The number of nitrogens with zero attached hydrogens (tertiary/aromatic N) is 2. The van der Waals surface area contributed by atoms with Crippen LogP contribution in [0.15, 0.2) is 84.4 Å². The Morgan fingerprint density at radius 2 is 1.51 bits per heavy atom. The highest BCUT2D eigenvalue weighted by Crippen LogP contribution is 2.51. The smallest absolute Gasteiger partial charge is 0.503 e. The van der Waals surface area contributed by atoms with Crippen LogP contribution in [0.5, 0.6) is 11.5 Å². The molecule has 1 aliphatic rings. The molecule has 1 N–H and O–H groups in total. The van der Waals surface area contributed by atoms with Gasteiger partial charge in [-0.25, -0.2) is 0 Å². The van der Waals surface area contributed by atoms with E-state index >= 15 is 0 Å². The SMILES string of the molecule is CCC1=C(c2ccc(OC(=O)C(C)(C)C)cc2)N(C(F)(F)F)N(c2ccccc2)C1c1ccc(O)cc1. The number of hydrogen-bond donors (Lipinski definition) is 1. The highest BCUT2D eigenvalue weighted by atomic mass is 19.4. The predicted molar refractivity (Wildman–Crippen MR) is 136 cm³/mol. The summed E-state index contributed by atoms with van der Waals surface area (Å²) in [4.78, 5) is 12.3. The summed E-state index contributed by atoms with van der Waals surface area (Å²) in [6, 6.07) is 20.0. The van der Waals surface area contributed by atoms with Crippen LogP contribution in [0, 0.1) is 5.41 Å². The van der Waals surface area contributed by atoms with Gasteiger partial charge in [-0.15, -0.1) is 13.2 Å². The third kappa shape index (κ3) is 5.28.